The van der Waals surface area contributed by atoms with Crippen molar-refractivity contribution >= 4 is 12.1 Å². The number of nitriles is 1. The van der Waals surface area contributed by atoms with E-state index < -0.39 is 0 Å². The summed E-state index contributed by atoms with van der Waals surface area (Å²) in [5.41, 5.74) is 6.81. The number of hydrogen-bond donors (Lipinski definition) is 1. The zero-order chi connectivity index (χ0) is 21.2. The molecule has 1 amide bonds. The molecule has 0 aromatic heterocycles. The van der Waals surface area contributed by atoms with Crippen LogP contribution in [-0.4, -0.2) is 54.6 Å². The highest BCUT2D eigenvalue weighted by atomic mass is 16.2. The maximum atomic E-state index is 12.2. The van der Waals surface area contributed by atoms with Crippen LogP contribution >= 0.6 is 0 Å². The fraction of sp³-hybridized carbons (Fsp3) is 0.375. The van der Waals surface area contributed by atoms with E-state index in [-0.39, 0.29) is 5.91 Å². The van der Waals surface area contributed by atoms with Gasteiger partial charge in [-0.05, 0) is 35.2 Å². The standard InChI is InChI=1S/C24H29N5O/c1-2-4-20-5-3-6-23(15-20)17-26-27-24(30)19-29-13-11-28(12-14-29)18-22-9-7-21(16-25)8-10-22/h3,5-10,15,17H,2,4,11-14,18-19H2,1H3,(H,27,30)/b26-17+. The van der Waals surface area contributed by atoms with Crippen LogP contribution in [0.1, 0.15) is 35.6 Å². The quantitative estimate of drug-likeness (QED) is 0.543. The Morgan fingerprint density at radius 1 is 1.10 bits per heavy atom. The Morgan fingerprint density at radius 2 is 1.83 bits per heavy atom. The average Bonchev–Trinajstić information content (AvgIpc) is 2.76. The maximum absolute atomic E-state index is 12.2. The minimum Gasteiger partial charge on any atom is -0.297 e. The first-order valence-corrected chi connectivity index (χ1v) is 10.5. The molecule has 1 heterocycles. The SMILES string of the molecule is CCCc1cccc(/C=N/NC(=O)CN2CCN(Cc3ccc(C#N)cc3)CC2)c1. The Hall–Kier alpha value is -3.01. The summed E-state index contributed by atoms with van der Waals surface area (Å²) in [5, 5.41) is 13.0. The summed E-state index contributed by atoms with van der Waals surface area (Å²) in [6.07, 6.45) is 3.86. The lowest BCUT2D eigenvalue weighted by atomic mass is 10.1. The molecule has 0 atom stereocenters. The molecule has 0 bridgehead atoms. The van der Waals surface area contributed by atoms with Gasteiger partial charge in [-0.3, -0.25) is 14.6 Å². The highest BCUT2D eigenvalue weighted by Gasteiger charge is 2.18. The van der Waals surface area contributed by atoms with Crippen LogP contribution in [-0.2, 0) is 17.8 Å². The molecule has 1 aliphatic heterocycles. The van der Waals surface area contributed by atoms with Crippen LogP contribution in [0.3, 0.4) is 0 Å². The molecule has 2 aromatic carbocycles. The molecule has 0 saturated carbocycles. The van der Waals surface area contributed by atoms with E-state index in [0.29, 0.717) is 12.1 Å². The van der Waals surface area contributed by atoms with Gasteiger partial charge in [0.2, 0.25) is 0 Å². The fourth-order valence-electron chi connectivity index (χ4n) is 3.58. The van der Waals surface area contributed by atoms with Gasteiger partial charge >= 0.3 is 0 Å². The van der Waals surface area contributed by atoms with Gasteiger partial charge < -0.3 is 0 Å². The van der Waals surface area contributed by atoms with Crippen molar-refractivity contribution in [3.63, 3.8) is 0 Å². The zero-order valence-corrected chi connectivity index (χ0v) is 17.6. The number of hydrogen-bond acceptors (Lipinski definition) is 5. The normalized spacial score (nSPS) is 15.2. The van der Waals surface area contributed by atoms with E-state index in [4.69, 9.17) is 5.26 Å². The molecular formula is C24H29N5O. The van der Waals surface area contributed by atoms with E-state index in [1.807, 2.05) is 36.4 Å². The number of hydrazone groups is 1. The number of nitrogens with one attached hydrogen (secondary N) is 1. The van der Waals surface area contributed by atoms with Crippen molar-refractivity contribution in [1.29, 1.82) is 5.26 Å². The molecule has 1 saturated heterocycles. The molecule has 1 fully saturated rings. The van der Waals surface area contributed by atoms with E-state index in [0.717, 1.165) is 51.1 Å². The third kappa shape index (κ3) is 6.80. The summed E-state index contributed by atoms with van der Waals surface area (Å²) in [6.45, 7) is 6.93. The van der Waals surface area contributed by atoms with E-state index >= 15 is 0 Å². The predicted molar refractivity (Wildman–Crippen MR) is 119 cm³/mol. The van der Waals surface area contributed by atoms with Crippen molar-refractivity contribution < 1.29 is 4.79 Å². The Bertz CT molecular complexity index is 893. The van der Waals surface area contributed by atoms with Crippen LogP contribution in [0.5, 0.6) is 0 Å². The second-order valence-electron chi connectivity index (χ2n) is 7.65. The number of carbonyl (C=O) groups excluding carboxylic acids is 1. The second kappa shape index (κ2) is 11.2. The highest BCUT2D eigenvalue weighted by molar-refractivity contribution is 5.83. The maximum Gasteiger partial charge on any atom is 0.254 e. The fourth-order valence-corrected chi connectivity index (χ4v) is 3.58. The summed E-state index contributed by atoms with van der Waals surface area (Å²) in [7, 11) is 0. The molecule has 6 nitrogen and oxygen atoms in total. The van der Waals surface area contributed by atoms with Crippen LogP contribution in [0.2, 0.25) is 0 Å². The lowest BCUT2D eigenvalue weighted by molar-refractivity contribution is -0.122. The minimum atomic E-state index is -0.0866. The Labute approximate surface area is 178 Å². The van der Waals surface area contributed by atoms with Gasteiger partial charge in [-0.25, -0.2) is 5.43 Å². The van der Waals surface area contributed by atoms with Gasteiger partial charge in [0.15, 0.2) is 0 Å². The van der Waals surface area contributed by atoms with E-state index in [9.17, 15) is 4.79 Å². The first-order valence-electron chi connectivity index (χ1n) is 10.5. The van der Waals surface area contributed by atoms with Crippen LogP contribution < -0.4 is 5.43 Å². The Kier molecular flexibility index (Phi) is 8.13. The third-order valence-corrected chi connectivity index (χ3v) is 5.21. The van der Waals surface area contributed by atoms with E-state index in [2.05, 4.69) is 45.5 Å². The molecule has 0 radical (unpaired) electrons. The summed E-state index contributed by atoms with van der Waals surface area (Å²) in [5.74, 6) is -0.0866. The molecule has 2 aromatic rings. The summed E-state index contributed by atoms with van der Waals surface area (Å²) < 4.78 is 0. The van der Waals surface area contributed by atoms with Crippen molar-refractivity contribution in [1.82, 2.24) is 15.2 Å². The zero-order valence-electron chi connectivity index (χ0n) is 17.6. The first-order chi connectivity index (χ1) is 14.7. The van der Waals surface area contributed by atoms with Crippen LogP contribution in [0, 0.1) is 11.3 Å². The highest BCUT2D eigenvalue weighted by Crippen LogP contribution is 2.10. The van der Waals surface area contributed by atoms with Gasteiger partial charge in [-0.2, -0.15) is 10.4 Å². The van der Waals surface area contributed by atoms with Gasteiger partial charge in [0, 0.05) is 32.7 Å². The van der Waals surface area contributed by atoms with Gasteiger partial charge in [0.05, 0.1) is 24.4 Å². The Morgan fingerprint density at radius 3 is 2.53 bits per heavy atom. The van der Waals surface area contributed by atoms with Crippen molar-refractivity contribution in [3.05, 3.63) is 70.8 Å². The molecule has 1 N–H and O–H groups in total. The number of piperazine rings is 1. The van der Waals surface area contributed by atoms with Crippen molar-refractivity contribution in [2.45, 2.75) is 26.3 Å². The minimum absolute atomic E-state index is 0.0866. The molecule has 0 unspecified atom stereocenters. The largest absolute Gasteiger partial charge is 0.297 e. The molecule has 6 heteroatoms. The van der Waals surface area contributed by atoms with Crippen molar-refractivity contribution in [2.75, 3.05) is 32.7 Å². The topological polar surface area (TPSA) is 71.7 Å². The molecule has 1 aliphatic rings. The second-order valence-corrected chi connectivity index (χ2v) is 7.65. The lowest BCUT2D eigenvalue weighted by Gasteiger charge is -2.34. The monoisotopic (exact) mass is 403 g/mol. The van der Waals surface area contributed by atoms with Gasteiger partial charge in [0.1, 0.15) is 0 Å². The Balaban J connectivity index is 1.38. The molecule has 0 spiro atoms. The lowest BCUT2D eigenvalue weighted by Crippen LogP contribution is -2.48. The number of benzene rings is 2. The number of amides is 1. The first kappa shape index (κ1) is 21.7. The summed E-state index contributed by atoms with van der Waals surface area (Å²) in [6, 6.07) is 18.1. The molecule has 0 aliphatic carbocycles. The third-order valence-electron chi connectivity index (χ3n) is 5.21. The van der Waals surface area contributed by atoms with E-state index in [1.165, 1.54) is 11.1 Å². The van der Waals surface area contributed by atoms with Crippen molar-refractivity contribution in [2.24, 2.45) is 5.10 Å². The summed E-state index contributed by atoms with van der Waals surface area (Å²) in [4.78, 5) is 16.7. The van der Waals surface area contributed by atoms with Crippen LogP contribution in [0.25, 0.3) is 0 Å². The van der Waals surface area contributed by atoms with Crippen LogP contribution in [0.15, 0.2) is 53.6 Å². The summed E-state index contributed by atoms with van der Waals surface area (Å²) >= 11 is 0. The van der Waals surface area contributed by atoms with E-state index in [1.54, 1.807) is 6.21 Å². The molecule has 156 valence electrons. The van der Waals surface area contributed by atoms with Crippen molar-refractivity contribution in [3.8, 4) is 6.07 Å². The molecule has 3 rings (SSSR count). The number of aryl methyl sites for hydroxylation is 1. The van der Waals surface area contributed by atoms with Gasteiger partial charge in [-0.1, -0.05) is 49.7 Å². The van der Waals surface area contributed by atoms with Gasteiger partial charge in [0.25, 0.3) is 5.91 Å². The number of rotatable bonds is 8. The molecular weight excluding hydrogens is 374 g/mol. The number of carbonyl (C=O) groups is 1. The number of nitrogens with zero attached hydrogens (tertiary/aromatic N) is 4. The van der Waals surface area contributed by atoms with Gasteiger partial charge in [-0.15, -0.1) is 0 Å². The smallest absolute Gasteiger partial charge is 0.254 e. The predicted octanol–water partition coefficient (Wildman–Crippen LogP) is 2.78. The average molecular weight is 404 g/mol. The van der Waals surface area contributed by atoms with Crippen LogP contribution in [0.4, 0.5) is 0 Å². The molecule has 30 heavy (non-hydrogen) atoms.